The highest BCUT2D eigenvalue weighted by Gasteiger charge is 2.43. The molecule has 1 aliphatic heterocycles. The average Bonchev–Trinajstić information content (AvgIpc) is 1.57. The summed E-state index contributed by atoms with van der Waals surface area (Å²) in [4.78, 5) is 264. The molecule has 17 amide bonds. The van der Waals surface area contributed by atoms with Gasteiger partial charge in [-0.2, -0.15) is 0 Å². The van der Waals surface area contributed by atoms with Gasteiger partial charge in [0.25, 0.3) is 0 Å². The van der Waals surface area contributed by atoms with Crippen LogP contribution in [0.2, 0.25) is 0 Å². The van der Waals surface area contributed by atoms with Gasteiger partial charge < -0.3 is 122 Å². The highest BCUT2D eigenvalue weighted by atomic mass is 16.4. The third kappa shape index (κ3) is 32.5. The Balaban J connectivity index is 2.44. The van der Waals surface area contributed by atoms with Gasteiger partial charge in [-0.15, -0.1) is 0 Å². The molecule has 1 saturated heterocycles. The Bertz CT molecular complexity index is 3450. The Morgan fingerprint density at radius 2 is 0.833 bits per heavy atom. The number of nitrogens with two attached hydrogens (primary N) is 4. The average molecular weight is 1530 g/mol. The van der Waals surface area contributed by atoms with Crippen molar-refractivity contribution in [3.8, 4) is 0 Å². The van der Waals surface area contributed by atoms with Crippen molar-refractivity contribution in [1.82, 2.24) is 68.7 Å². The lowest BCUT2D eigenvalue weighted by molar-refractivity contribution is -0.146. The predicted octanol–water partition coefficient (Wildman–Crippen LogP) is -9.78. The molecule has 1 aromatic rings. The van der Waals surface area contributed by atoms with Gasteiger partial charge in [-0.05, 0) is 69.8 Å². The van der Waals surface area contributed by atoms with Crippen LogP contribution in [0.5, 0.6) is 0 Å². The summed E-state index contributed by atoms with van der Waals surface area (Å²) in [6.07, 6.45) is -11.1. The predicted molar refractivity (Wildman–Crippen MR) is 370 cm³/mol. The summed E-state index contributed by atoms with van der Waals surface area (Å²) >= 11 is 0. The summed E-state index contributed by atoms with van der Waals surface area (Å²) in [7, 11) is 0. The van der Waals surface area contributed by atoms with Gasteiger partial charge in [-0.25, -0.2) is 0 Å². The summed E-state index contributed by atoms with van der Waals surface area (Å²) in [5, 5.41) is 87.6. The van der Waals surface area contributed by atoms with E-state index < -0.39 is 267 Å². The van der Waals surface area contributed by atoms with Crippen molar-refractivity contribution in [1.29, 1.82) is 0 Å². The van der Waals surface area contributed by atoms with Gasteiger partial charge in [0.15, 0.2) is 0 Å². The number of hydrogen-bond donors (Lipinski definition) is 22. The van der Waals surface area contributed by atoms with Gasteiger partial charge in [-0.1, -0.05) is 58.0 Å². The van der Waals surface area contributed by atoms with Crippen LogP contribution >= 0.6 is 0 Å². The van der Waals surface area contributed by atoms with E-state index in [9.17, 15) is 127 Å². The largest absolute Gasteiger partial charge is 0.481 e. The Kier molecular flexibility index (Phi) is 38.7. The number of carbonyl (C=O) groups excluding carboxylic acids is 17. The fourth-order valence-corrected chi connectivity index (χ4v) is 10.8. The number of primary amides is 4. The molecular weight excluding hydrogens is 1430 g/mol. The monoisotopic (exact) mass is 1530 g/mol. The van der Waals surface area contributed by atoms with E-state index in [1.165, 1.54) is 13.8 Å². The second kappa shape index (κ2) is 45.1. The number of likely N-dealkylation sites (tertiary alicyclic amines) is 1. The summed E-state index contributed by atoms with van der Waals surface area (Å²) < 4.78 is 0. The zero-order valence-corrected chi connectivity index (χ0v) is 60.4. The smallest absolute Gasteiger partial charge is 0.305 e. The maximum atomic E-state index is 14.2. The lowest BCUT2D eigenvalue weighted by Crippen LogP contribution is -2.63. The number of nitrogens with zero attached hydrogens (tertiary/aromatic N) is 1. The van der Waals surface area contributed by atoms with Crippen LogP contribution in [0.1, 0.15) is 131 Å². The van der Waals surface area contributed by atoms with Crippen molar-refractivity contribution in [2.75, 3.05) is 13.2 Å². The van der Waals surface area contributed by atoms with Crippen LogP contribution in [0.4, 0.5) is 0 Å². The Labute approximate surface area is 618 Å². The third-order valence-corrected chi connectivity index (χ3v) is 16.3. The summed E-state index contributed by atoms with van der Waals surface area (Å²) in [5.74, 6) is -26.2. The summed E-state index contributed by atoms with van der Waals surface area (Å²) in [5.41, 5.74) is 21.8. The molecule has 1 heterocycles. The van der Waals surface area contributed by atoms with E-state index in [0.29, 0.717) is 5.56 Å². The van der Waals surface area contributed by atoms with Gasteiger partial charge in [0.05, 0.1) is 38.1 Å². The molecule has 1 fully saturated rings. The van der Waals surface area contributed by atoms with Gasteiger partial charge in [0.1, 0.15) is 78.5 Å². The number of nitrogens with one attached hydrogen (secondary N) is 12. The van der Waals surface area contributed by atoms with Crippen LogP contribution in [-0.4, -0.2) is 258 Å². The summed E-state index contributed by atoms with van der Waals surface area (Å²) in [6, 6.07) is -15.6. The highest BCUT2D eigenvalue weighted by Crippen LogP contribution is 2.21. The van der Waals surface area contributed by atoms with E-state index in [2.05, 4.69) is 53.2 Å². The van der Waals surface area contributed by atoms with Gasteiger partial charge in [-0.3, -0.25) is 95.9 Å². The van der Waals surface area contributed by atoms with Crippen molar-refractivity contribution in [2.45, 2.75) is 223 Å². The van der Waals surface area contributed by atoms with Gasteiger partial charge >= 0.3 is 17.9 Å². The molecule has 0 spiro atoms. The SMILES string of the molecule is CC(=O)N[C@H](C(=O)N[C@@H](CCC(N)=O)C(=O)N[C@@H](CC(=O)O)C(=O)N1CCC[C@H]1C(=O)N[C@@H](CCC(=O)O)C(=O)N[C@@H](CC(=O)O)C(=O)N[C@@H](CC(N)=O)C(=O)N[C@H](C(=O)N[C@H](C(=O)N[C@@H](CO)C(=O)N[C@@H](Cc1ccccc1)C(=O)N[C@@H](CC(C)C)C(=O)N[C@@H](CCC(N)=O)C(N)=O)C(C)C)[C@@H](C)O)[C@@H](C)O. The quantitative estimate of drug-likeness (QED) is 0.0288. The topological polar surface area (TPSA) is 714 Å². The zero-order chi connectivity index (χ0) is 82.1. The standard InChI is InChI=1S/C65H99N17O26/c1-28(2)22-37(56(99)71-34(53(69)96)15-18-44(66)87)74-57(100)38(23-33-12-9-8-10-13-33)75-60(103)42(27-83)79-62(105)50(29(3)4)80-64(107)52(31(6)85)81-59(102)39(24-46(68)89)76-58(101)40(25-48(92)93)77-54(97)36(17-20-47(90)91)72-61(104)43-14-11-21-82(43)65(108)41(26-49(94)95)78-55(98)35(16-19-45(67)88)73-63(106)51(30(5)84)70-32(7)86/h8-10,12-13,28-31,34-43,50-52,83-85H,11,14-27H2,1-7H3,(H2,66,87)(H2,67,88)(H2,68,89)(H2,69,96)(H,70,86)(H,71,99)(H,72,104)(H,73,106)(H,74,100)(H,75,103)(H,76,101)(H,77,97)(H,78,98)(H,79,105)(H,80,107)(H,81,102)(H,90,91)(H,92,93)(H,94,95)/t30-,31-,34+,35+,36+,37+,38+,39+,40+,41+,42+,43+,50+,51+,52+/m1/s1. The van der Waals surface area contributed by atoms with E-state index in [1.807, 2.05) is 10.6 Å². The number of carbonyl (C=O) groups is 20. The number of hydrogen-bond acceptors (Lipinski definition) is 23. The molecule has 1 aromatic carbocycles. The minimum atomic E-state index is -2.29. The molecule has 0 unspecified atom stereocenters. The maximum Gasteiger partial charge on any atom is 0.305 e. The molecule has 0 bridgehead atoms. The van der Waals surface area contributed by atoms with Crippen LogP contribution in [0.15, 0.2) is 30.3 Å². The maximum absolute atomic E-state index is 14.2. The van der Waals surface area contributed by atoms with Crippen LogP contribution in [0.25, 0.3) is 0 Å². The fraction of sp³-hybridized carbons (Fsp3) is 0.600. The molecule has 0 radical (unpaired) electrons. The molecule has 15 atom stereocenters. The second-order valence-electron chi connectivity index (χ2n) is 26.3. The van der Waals surface area contributed by atoms with E-state index in [1.54, 1.807) is 44.2 Å². The molecule has 2 rings (SSSR count). The van der Waals surface area contributed by atoms with Crippen molar-refractivity contribution >= 4 is 118 Å². The first-order valence-electron chi connectivity index (χ1n) is 34.1. The molecule has 0 aliphatic carbocycles. The number of carboxylic acids is 3. The lowest BCUT2D eigenvalue weighted by atomic mass is 10.00. The molecule has 43 heteroatoms. The Morgan fingerprint density at radius 3 is 1.32 bits per heavy atom. The number of rotatable bonds is 48. The number of carboxylic acid groups (broad SMARTS) is 3. The van der Waals surface area contributed by atoms with E-state index in [-0.39, 0.29) is 51.0 Å². The number of benzene rings is 1. The van der Waals surface area contributed by atoms with Crippen LogP contribution in [-0.2, 0) is 102 Å². The first-order chi connectivity index (χ1) is 50.4. The number of aliphatic hydroxyl groups is 3. The number of amides is 17. The van der Waals surface area contributed by atoms with Crippen LogP contribution < -0.4 is 86.7 Å². The summed E-state index contributed by atoms with van der Waals surface area (Å²) in [6.45, 7) is 7.84. The van der Waals surface area contributed by atoms with Crippen LogP contribution in [0, 0.1) is 11.8 Å². The van der Waals surface area contributed by atoms with Crippen LogP contribution in [0.3, 0.4) is 0 Å². The first kappa shape index (κ1) is 92.6. The first-order valence-corrected chi connectivity index (χ1v) is 34.1. The molecule has 26 N–H and O–H groups in total. The minimum Gasteiger partial charge on any atom is -0.481 e. The number of aliphatic carboxylic acids is 3. The molecule has 0 saturated carbocycles. The number of aliphatic hydroxyl groups excluding tert-OH is 3. The van der Waals surface area contributed by atoms with E-state index >= 15 is 0 Å². The molecule has 600 valence electrons. The molecule has 43 nitrogen and oxygen atoms in total. The molecular formula is C65H99N17O26. The van der Waals surface area contributed by atoms with Crippen molar-refractivity contribution in [3.63, 3.8) is 0 Å². The lowest BCUT2D eigenvalue weighted by Gasteiger charge is -2.31. The fourth-order valence-electron chi connectivity index (χ4n) is 10.8. The van der Waals surface area contributed by atoms with Gasteiger partial charge in [0.2, 0.25) is 100 Å². The van der Waals surface area contributed by atoms with Gasteiger partial charge in [0, 0.05) is 39.2 Å². The molecule has 0 aromatic heterocycles. The van der Waals surface area contributed by atoms with E-state index in [0.717, 1.165) is 25.7 Å². The zero-order valence-electron chi connectivity index (χ0n) is 60.4. The van der Waals surface area contributed by atoms with E-state index in [4.69, 9.17) is 22.9 Å². The van der Waals surface area contributed by atoms with Crippen molar-refractivity contribution < 1.29 is 127 Å². The minimum absolute atomic E-state index is 0.00207. The highest BCUT2D eigenvalue weighted by molar-refractivity contribution is 6.02. The third-order valence-electron chi connectivity index (χ3n) is 16.3. The Hall–Kier alpha value is -11.5. The normalized spacial score (nSPS) is 16.4. The molecule has 1 aliphatic rings. The van der Waals surface area contributed by atoms with Crippen molar-refractivity contribution in [2.24, 2.45) is 34.8 Å². The second-order valence-corrected chi connectivity index (χ2v) is 26.3. The Morgan fingerprint density at radius 1 is 0.435 bits per heavy atom. The molecule has 108 heavy (non-hydrogen) atoms. The van der Waals surface area contributed by atoms with Crippen molar-refractivity contribution in [3.05, 3.63) is 35.9 Å².